The zero-order chi connectivity index (χ0) is 9.68. The number of carbonyl (C=O) groups is 1. The molecule has 0 radical (unpaired) electrons. The van der Waals surface area contributed by atoms with Gasteiger partial charge in [0.15, 0.2) is 0 Å². The molecule has 0 spiro atoms. The second-order valence-corrected chi connectivity index (χ2v) is 3.32. The van der Waals surface area contributed by atoms with Crippen LogP contribution in [0.2, 0.25) is 0 Å². The Kier molecular flexibility index (Phi) is 3.69. The third kappa shape index (κ3) is 2.69. The largest absolute Gasteiger partial charge is 0.303 e. The standard InChI is InChI=1S/C12H16O/c1-3-11-6-7-12(5-4-8-13)10(2)9-11/h6-9H,3-5H2,1-2H3. The van der Waals surface area contributed by atoms with E-state index < -0.39 is 0 Å². The summed E-state index contributed by atoms with van der Waals surface area (Å²) in [5.74, 6) is 0. The van der Waals surface area contributed by atoms with Gasteiger partial charge in [0.2, 0.25) is 0 Å². The van der Waals surface area contributed by atoms with Gasteiger partial charge in [0.25, 0.3) is 0 Å². The summed E-state index contributed by atoms with van der Waals surface area (Å²) in [5, 5.41) is 0. The summed E-state index contributed by atoms with van der Waals surface area (Å²) in [7, 11) is 0. The van der Waals surface area contributed by atoms with Crippen molar-refractivity contribution in [2.75, 3.05) is 0 Å². The number of carbonyl (C=O) groups excluding carboxylic acids is 1. The maximum atomic E-state index is 10.2. The highest BCUT2D eigenvalue weighted by Crippen LogP contribution is 2.12. The molecule has 1 rings (SSSR count). The van der Waals surface area contributed by atoms with Crippen molar-refractivity contribution in [2.45, 2.75) is 33.1 Å². The van der Waals surface area contributed by atoms with Gasteiger partial charge in [-0.25, -0.2) is 0 Å². The monoisotopic (exact) mass is 176 g/mol. The lowest BCUT2D eigenvalue weighted by Crippen LogP contribution is -1.92. The molecule has 1 heteroatoms. The first-order valence-electron chi connectivity index (χ1n) is 4.80. The number of benzene rings is 1. The number of rotatable bonds is 4. The molecule has 0 amide bonds. The quantitative estimate of drug-likeness (QED) is 0.645. The normalized spacial score (nSPS) is 10.0. The molecule has 0 atom stereocenters. The van der Waals surface area contributed by atoms with Crippen LogP contribution in [0.15, 0.2) is 18.2 Å². The molecule has 0 aliphatic heterocycles. The maximum Gasteiger partial charge on any atom is 0.120 e. The SMILES string of the molecule is CCc1ccc(CCC=O)c(C)c1. The fraction of sp³-hybridized carbons (Fsp3) is 0.417. The first kappa shape index (κ1) is 9.97. The maximum absolute atomic E-state index is 10.2. The average Bonchev–Trinajstić information content (AvgIpc) is 2.16. The fourth-order valence-corrected chi connectivity index (χ4v) is 1.47. The molecule has 70 valence electrons. The molecule has 1 aromatic rings. The summed E-state index contributed by atoms with van der Waals surface area (Å²) in [6, 6.07) is 6.49. The van der Waals surface area contributed by atoms with E-state index in [0.29, 0.717) is 6.42 Å². The molecule has 0 aliphatic rings. The Bertz CT molecular complexity index is 289. The molecule has 0 saturated heterocycles. The molecule has 0 aromatic heterocycles. The number of hydrogen-bond acceptors (Lipinski definition) is 1. The van der Waals surface area contributed by atoms with Crippen LogP contribution in [0.4, 0.5) is 0 Å². The Balaban J connectivity index is 2.78. The van der Waals surface area contributed by atoms with Crippen LogP contribution in [0.25, 0.3) is 0 Å². The predicted octanol–water partition coefficient (Wildman–Crippen LogP) is 2.69. The number of aryl methyl sites for hydroxylation is 3. The van der Waals surface area contributed by atoms with E-state index in [-0.39, 0.29) is 0 Å². The van der Waals surface area contributed by atoms with E-state index in [0.717, 1.165) is 19.1 Å². The fourth-order valence-electron chi connectivity index (χ4n) is 1.47. The third-order valence-corrected chi connectivity index (χ3v) is 2.35. The highest BCUT2D eigenvalue weighted by molar-refractivity contribution is 5.50. The van der Waals surface area contributed by atoms with Gasteiger partial charge in [0, 0.05) is 6.42 Å². The molecule has 0 bridgehead atoms. The molecule has 0 aliphatic carbocycles. The molecule has 13 heavy (non-hydrogen) atoms. The van der Waals surface area contributed by atoms with E-state index in [1.54, 1.807) is 0 Å². The Morgan fingerprint density at radius 2 is 2.15 bits per heavy atom. The molecule has 0 saturated carbocycles. The summed E-state index contributed by atoms with van der Waals surface area (Å²) in [5.41, 5.74) is 3.97. The third-order valence-electron chi connectivity index (χ3n) is 2.35. The van der Waals surface area contributed by atoms with Crippen LogP contribution in [0, 0.1) is 6.92 Å². The smallest absolute Gasteiger partial charge is 0.120 e. The summed E-state index contributed by atoms with van der Waals surface area (Å²) < 4.78 is 0. The van der Waals surface area contributed by atoms with Crippen LogP contribution < -0.4 is 0 Å². The zero-order valence-corrected chi connectivity index (χ0v) is 8.34. The van der Waals surface area contributed by atoms with Crippen LogP contribution in [-0.2, 0) is 17.6 Å². The Hall–Kier alpha value is -1.11. The van der Waals surface area contributed by atoms with E-state index in [9.17, 15) is 4.79 Å². The molecule has 0 N–H and O–H groups in total. The lowest BCUT2D eigenvalue weighted by molar-refractivity contribution is -0.107. The molecular weight excluding hydrogens is 160 g/mol. The van der Waals surface area contributed by atoms with E-state index in [4.69, 9.17) is 0 Å². The zero-order valence-electron chi connectivity index (χ0n) is 8.34. The highest BCUT2D eigenvalue weighted by Gasteiger charge is 1.98. The van der Waals surface area contributed by atoms with Crippen LogP contribution in [-0.4, -0.2) is 6.29 Å². The van der Waals surface area contributed by atoms with Crippen molar-refractivity contribution in [3.63, 3.8) is 0 Å². The first-order valence-corrected chi connectivity index (χ1v) is 4.80. The van der Waals surface area contributed by atoms with Gasteiger partial charge in [-0.2, -0.15) is 0 Å². The minimum atomic E-state index is 0.631. The van der Waals surface area contributed by atoms with Crippen LogP contribution in [0.3, 0.4) is 0 Å². The van der Waals surface area contributed by atoms with E-state index in [2.05, 4.69) is 32.0 Å². The number of hydrogen-bond donors (Lipinski definition) is 0. The van der Waals surface area contributed by atoms with E-state index in [1.807, 2.05) is 0 Å². The predicted molar refractivity (Wildman–Crippen MR) is 54.9 cm³/mol. The second-order valence-electron chi connectivity index (χ2n) is 3.32. The molecule has 1 nitrogen and oxygen atoms in total. The topological polar surface area (TPSA) is 17.1 Å². The van der Waals surface area contributed by atoms with Crippen molar-refractivity contribution in [1.82, 2.24) is 0 Å². The summed E-state index contributed by atoms with van der Waals surface area (Å²) in [6.07, 6.45) is 3.56. The molecule has 0 unspecified atom stereocenters. The van der Waals surface area contributed by atoms with E-state index >= 15 is 0 Å². The highest BCUT2D eigenvalue weighted by atomic mass is 16.1. The van der Waals surface area contributed by atoms with Crippen molar-refractivity contribution in [2.24, 2.45) is 0 Å². The first-order chi connectivity index (χ1) is 6.27. The summed E-state index contributed by atoms with van der Waals surface area (Å²) in [4.78, 5) is 10.2. The van der Waals surface area contributed by atoms with Crippen LogP contribution >= 0.6 is 0 Å². The van der Waals surface area contributed by atoms with Crippen molar-refractivity contribution in [3.05, 3.63) is 34.9 Å². The Morgan fingerprint density at radius 3 is 2.69 bits per heavy atom. The molecule has 1 aromatic carbocycles. The Morgan fingerprint density at radius 1 is 1.38 bits per heavy atom. The van der Waals surface area contributed by atoms with Gasteiger partial charge in [-0.05, 0) is 36.5 Å². The lowest BCUT2D eigenvalue weighted by Gasteiger charge is -2.05. The Labute approximate surface area is 79.8 Å². The van der Waals surface area contributed by atoms with E-state index in [1.165, 1.54) is 16.7 Å². The van der Waals surface area contributed by atoms with Crippen molar-refractivity contribution >= 4 is 6.29 Å². The summed E-state index contributed by atoms with van der Waals surface area (Å²) >= 11 is 0. The van der Waals surface area contributed by atoms with Crippen LogP contribution in [0.1, 0.15) is 30.0 Å². The molecule has 0 fully saturated rings. The van der Waals surface area contributed by atoms with Crippen LogP contribution in [0.5, 0.6) is 0 Å². The average molecular weight is 176 g/mol. The van der Waals surface area contributed by atoms with Gasteiger partial charge in [0.05, 0.1) is 0 Å². The molecule has 0 heterocycles. The number of aldehydes is 1. The van der Waals surface area contributed by atoms with Gasteiger partial charge in [-0.3, -0.25) is 0 Å². The van der Waals surface area contributed by atoms with Gasteiger partial charge in [-0.1, -0.05) is 25.1 Å². The van der Waals surface area contributed by atoms with Gasteiger partial charge < -0.3 is 4.79 Å². The van der Waals surface area contributed by atoms with Gasteiger partial charge >= 0.3 is 0 Å². The summed E-state index contributed by atoms with van der Waals surface area (Å²) in [6.45, 7) is 4.26. The minimum absolute atomic E-state index is 0.631. The van der Waals surface area contributed by atoms with Crippen molar-refractivity contribution in [3.8, 4) is 0 Å². The minimum Gasteiger partial charge on any atom is -0.303 e. The lowest BCUT2D eigenvalue weighted by atomic mass is 10.0. The van der Waals surface area contributed by atoms with Gasteiger partial charge in [0.1, 0.15) is 6.29 Å². The molecular formula is C12H16O. The second kappa shape index (κ2) is 4.80. The van der Waals surface area contributed by atoms with Crippen molar-refractivity contribution in [1.29, 1.82) is 0 Å². The van der Waals surface area contributed by atoms with Crippen molar-refractivity contribution < 1.29 is 4.79 Å². The van der Waals surface area contributed by atoms with Gasteiger partial charge in [-0.15, -0.1) is 0 Å².